The predicted octanol–water partition coefficient (Wildman–Crippen LogP) is 5.37. The summed E-state index contributed by atoms with van der Waals surface area (Å²) in [5.74, 6) is 0.947. The topological polar surface area (TPSA) is 79.4 Å². The second-order valence-electron chi connectivity index (χ2n) is 7.57. The van der Waals surface area contributed by atoms with Crippen molar-refractivity contribution in [3.8, 4) is 27.8 Å². The van der Waals surface area contributed by atoms with Gasteiger partial charge in [-0.15, -0.1) is 0 Å². The van der Waals surface area contributed by atoms with Crippen LogP contribution in [0.5, 0.6) is 16.6 Å². The molecule has 0 aliphatic heterocycles. The molecule has 5 rings (SSSR count). The van der Waals surface area contributed by atoms with Crippen LogP contribution in [-0.2, 0) is 26.5 Å². The fourth-order valence-corrected chi connectivity index (χ4v) is 5.10. The van der Waals surface area contributed by atoms with Crippen molar-refractivity contribution in [2.45, 2.75) is 19.4 Å². The zero-order valence-electron chi connectivity index (χ0n) is 17.3. The fourth-order valence-electron chi connectivity index (χ4n) is 3.90. The largest absolute Gasteiger partial charge is 0.489 e. The molecule has 2 N–H and O–H groups in total. The Hall–Kier alpha value is -3.29. The minimum absolute atomic E-state index is 0.433. The van der Waals surface area contributed by atoms with Gasteiger partial charge in [0.1, 0.15) is 18.1 Å². The molecule has 0 saturated heterocycles. The van der Waals surface area contributed by atoms with Gasteiger partial charge in [0, 0.05) is 12.1 Å². The zero-order valence-corrected chi connectivity index (χ0v) is 18.9. The molecule has 0 bridgehead atoms. The lowest BCUT2D eigenvalue weighted by molar-refractivity contribution is 0.100. The maximum atomic E-state index is 12.1. The van der Waals surface area contributed by atoms with E-state index >= 15 is 0 Å². The first kappa shape index (κ1) is 20.6. The van der Waals surface area contributed by atoms with Crippen LogP contribution < -0.4 is 15.2 Å². The summed E-state index contributed by atoms with van der Waals surface area (Å²) >= 11 is 7.21. The predicted molar refractivity (Wildman–Crippen MR) is 125 cm³/mol. The van der Waals surface area contributed by atoms with Gasteiger partial charge in [0.2, 0.25) is 0 Å². The minimum atomic E-state index is -0.433. The third-order valence-corrected chi connectivity index (χ3v) is 6.82. The first-order valence-corrected chi connectivity index (χ1v) is 11.3. The molecule has 8 heteroatoms. The van der Waals surface area contributed by atoms with Crippen molar-refractivity contribution in [3.05, 3.63) is 81.3 Å². The Morgan fingerprint density at radius 1 is 1.12 bits per heavy atom. The molecule has 0 fully saturated rings. The molecule has 2 heterocycles. The lowest BCUT2D eigenvalue weighted by atomic mass is 9.91. The highest BCUT2D eigenvalue weighted by Crippen LogP contribution is 2.48. The van der Waals surface area contributed by atoms with Gasteiger partial charge in [0.05, 0.1) is 22.3 Å². The molecule has 0 radical (unpaired) electrons. The van der Waals surface area contributed by atoms with Crippen molar-refractivity contribution in [3.63, 3.8) is 0 Å². The molecule has 1 aliphatic rings. The van der Waals surface area contributed by atoms with E-state index in [2.05, 4.69) is 5.10 Å². The van der Waals surface area contributed by atoms with E-state index in [1.807, 2.05) is 66.5 Å². The summed E-state index contributed by atoms with van der Waals surface area (Å²) in [5.41, 5.74) is 10.7. The Labute approximate surface area is 194 Å². The number of halogens is 1. The van der Waals surface area contributed by atoms with Gasteiger partial charge in [0.15, 0.2) is 5.06 Å². The van der Waals surface area contributed by atoms with Crippen LogP contribution in [-0.4, -0.2) is 15.7 Å². The molecule has 0 spiro atoms. The number of nitrogens with two attached hydrogens (primary N) is 1. The van der Waals surface area contributed by atoms with Gasteiger partial charge in [-0.2, -0.15) is 5.10 Å². The highest BCUT2D eigenvalue weighted by Gasteiger charge is 2.30. The summed E-state index contributed by atoms with van der Waals surface area (Å²) in [4.78, 5) is 12.6. The van der Waals surface area contributed by atoms with Gasteiger partial charge in [0.25, 0.3) is 5.91 Å². The van der Waals surface area contributed by atoms with Crippen molar-refractivity contribution < 1.29 is 14.3 Å². The van der Waals surface area contributed by atoms with Crippen LogP contribution in [0.2, 0.25) is 5.02 Å². The maximum absolute atomic E-state index is 12.1. The zero-order chi connectivity index (χ0) is 22.2. The van der Waals surface area contributed by atoms with E-state index in [1.54, 1.807) is 0 Å². The van der Waals surface area contributed by atoms with Crippen LogP contribution in [0, 0.1) is 0 Å². The van der Waals surface area contributed by atoms with Gasteiger partial charge >= 0.3 is 0 Å². The number of benzene rings is 2. The van der Waals surface area contributed by atoms with Gasteiger partial charge in [-0.05, 0) is 65.9 Å². The number of hydrogen-bond donors (Lipinski definition) is 1. The molecular weight excluding hydrogens is 446 g/mol. The van der Waals surface area contributed by atoms with Crippen LogP contribution in [0.15, 0.2) is 54.7 Å². The van der Waals surface area contributed by atoms with Crippen LogP contribution in [0.3, 0.4) is 0 Å². The summed E-state index contributed by atoms with van der Waals surface area (Å²) in [6.45, 7) is 0.445. The number of nitrogens with zero attached hydrogens (tertiary/aromatic N) is 2. The number of rotatable bonds is 6. The van der Waals surface area contributed by atoms with E-state index in [4.69, 9.17) is 26.8 Å². The summed E-state index contributed by atoms with van der Waals surface area (Å²) in [6, 6.07) is 15.0. The van der Waals surface area contributed by atoms with Crippen molar-refractivity contribution in [1.82, 2.24) is 9.78 Å². The van der Waals surface area contributed by atoms with E-state index in [-0.39, 0.29) is 0 Å². The number of aromatic nitrogens is 2. The molecule has 32 heavy (non-hydrogen) atoms. The number of carbonyl (C=O) groups is 1. The number of primary amides is 1. The van der Waals surface area contributed by atoms with E-state index < -0.39 is 5.91 Å². The van der Waals surface area contributed by atoms with Gasteiger partial charge in [-0.3, -0.25) is 9.48 Å². The average Bonchev–Trinajstić information content (AvgIpc) is 3.35. The number of ether oxygens (including phenoxy) is 2. The monoisotopic (exact) mass is 465 g/mol. The second kappa shape index (κ2) is 8.33. The third kappa shape index (κ3) is 3.85. The van der Waals surface area contributed by atoms with Crippen LogP contribution in [0.25, 0.3) is 11.3 Å². The number of hydrogen-bond acceptors (Lipinski definition) is 5. The van der Waals surface area contributed by atoms with Crippen LogP contribution in [0.4, 0.5) is 0 Å². The molecule has 1 amide bonds. The Kier molecular flexibility index (Phi) is 5.36. The molecular formula is C24H20ClN3O3S. The highest BCUT2D eigenvalue weighted by atomic mass is 35.5. The van der Waals surface area contributed by atoms with Crippen LogP contribution >= 0.6 is 22.9 Å². The van der Waals surface area contributed by atoms with Crippen molar-refractivity contribution in [2.75, 3.05) is 0 Å². The number of carbonyl (C=O) groups excluding carboxylic acids is 1. The molecule has 6 nitrogen and oxygen atoms in total. The average molecular weight is 466 g/mol. The van der Waals surface area contributed by atoms with Crippen LogP contribution in [0.1, 0.15) is 26.4 Å². The first-order valence-electron chi connectivity index (χ1n) is 10.1. The number of thiophene rings is 1. The number of amides is 1. The number of fused-ring (bicyclic) bond motifs is 3. The molecule has 2 aromatic heterocycles. The van der Waals surface area contributed by atoms with Gasteiger partial charge in [-0.25, -0.2) is 0 Å². The second-order valence-corrected chi connectivity index (χ2v) is 8.99. The van der Waals surface area contributed by atoms with Crippen molar-refractivity contribution >= 4 is 28.8 Å². The Morgan fingerprint density at radius 2 is 1.84 bits per heavy atom. The normalized spacial score (nSPS) is 12.2. The number of aryl methyl sites for hydroxylation is 2. The summed E-state index contributed by atoms with van der Waals surface area (Å²) in [7, 11) is 1.89. The molecule has 0 atom stereocenters. The smallest absolute Gasteiger partial charge is 0.259 e. The van der Waals surface area contributed by atoms with E-state index in [0.29, 0.717) is 27.3 Å². The fraction of sp³-hybridized carbons (Fsp3) is 0.167. The molecule has 0 unspecified atom stereocenters. The Balaban J connectivity index is 1.38. The Bertz CT molecular complexity index is 1290. The summed E-state index contributed by atoms with van der Waals surface area (Å²) in [5, 5.41) is 5.73. The first-order chi connectivity index (χ1) is 15.5. The molecule has 162 valence electrons. The summed E-state index contributed by atoms with van der Waals surface area (Å²) < 4.78 is 13.9. The van der Waals surface area contributed by atoms with Crippen molar-refractivity contribution in [1.29, 1.82) is 0 Å². The standard InChI is InChI=1S/C24H20ClN3O3S/c1-28-21-15(12-27-28)4-11-19-20(21)24(32-22(19)23(26)29)31-18-9-7-17(8-10-18)30-13-14-2-5-16(25)6-3-14/h2-3,5-10,12H,4,11,13H2,1H3,(H2,26,29). The Morgan fingerprint density at radius 3 is 2.56 bits per heavy atom. The third-order valence-electron chi connectivity index (χ3n) is 5.45. The van der Waals surface area contributed by atoms with Gasteiger partial charge in [-0.1, -0.05) is 35.1 Å². The van der Waals surface area contributed by atoms with Crippen molar-refractivity contribution in [2.24, 2.45) is 12.8 Å². The van der Waals surface area contributed by atoms with Gasteiger partial charge < -0.3 is 15.2 Å². The quantitative estimate of drug-likeness (QED) is 0.415. The van der Waals surface area contributed by atoms with E-state index in [1.165, 1.54) is 11.3 Å². The molecule has 2 aromatic carbocycles. The van der Waals surface area contributed by atoms with E-state index in [9.17, 15) is 4.79 Å². The minimum Gasteiger partial charge on any atom is -0.489 e. The maximum Gasteiger partial charge on any atom is 0.259 e. The highest BCUT2D eigenvalue weighted by molar-refractivity contribution is 7.16. The molecule has 0 saturated carbocycles. The summed E-state index contributed by atoms with van der Waals surface area (Å²) in [6.07, 6.45) is 3.44. The molecule has 1 aliphatic carbocycles. The lowest BCUT2D eigenvalue weighted by Gasteiger charge is -2.16. The SMILES string of the molecule is Cn1ncc2c1-c1c(Oc3ccc(OCc4ccc(Cl)cc4)cc3)sc(C(N)=O)c1CC2. The lowest BCUT2D eigenvalue weighted by Crippen LogP contribution is -2.13. The van der Waals surface area contributed by atoms with E-state index in [0.717, 1.165) is 46.5 Å². The molecule has 4 aromatic rings.